The smallest absolute Gasteiger partial charge is 0.257 e. The van der Waals surface area contributed by atoms with Crippen LogP contribution in [0.25, 0.3) is 0 Å². The lowest BCUT2D eigenvalue weighted by Gasteiger charge is -2.38. The molecule has 0 spiro atoms. The quantitative estimate of drug-likeness (QED) is 0.769. The van der Waals surface area contributed by atoms with Crippen LogP contribution in [0.1, 0.15) is 34.8 Å². The highest BCUT2D eigenvalue weighted by Crippen LogP contribution is 2.36. The Kier molecular flexibility index (Phi) is 5.31. The van der Waals surface area contributed by atoms with E-state index in [1.165, 1.54) is 19.4 Å². The molecule has 0 radical (unpaired) electrons. The lowest BCUT2D eigenvalue weighted by molar-refractivity contribution is -0.105. The Morgan fingerprint density at radius 1 is 1.40 bits per heavy atom. The standard InChI is InChI=1S/C20H21F2N3O5/c1-10-9-30-15-8-24-7-13(17(26)18(29-2)16(24)20(28)25(10)15)19(27)23-6-11-3-4-12(21)5-14(11)22/h3-5,7,10,15,20,28H,6,8-9H2,1-2H3,(H,23,27)/t10-,15+,20?/m0/s1. The number of halogens is 2. The van der Waals surface area contributed by atoms with Gasteiger partial charge in [0.1, 0.15) is 29.1 Å². The number of nitrogens with one attached hydrogen (secondary N) is 1. The maximum absolute atomic E-state index is 13.8. The molecule has 4 rings (SSSR count). The number of aromatic nitrogens is 1. The van der Waals surface area contributed by atoms with E-state index in [9.17, 15) is 23.5 Å². The van der Waals surface area contributed by atoms with Gasteiger partial charge in [-0.05, 0) is 13.0 Å². The van der Waals surface area contributed by atoms with Gasteiger partial charge in [0.05, 0.1) is 20.3 Å². The number of hydrogen-bond donors (Lipinski definition) is 2. The first kappa shape index (κ1) is 20.5. The second kappa shape index (κ2) is 7.78. The largest absolute Gasteiger partial charge is 0.491 e. The van der Waals surface area contributed by atoms with Crippen LogP contribution in [0.3, 0.4) is 0 Å². The Morgan fingerprint density at radius 3 is 2.87 bits per heavy atom. The maximum atomic E-state index is 13.8. The molecule has 160 valence electrons. The number of amides is 1. The number of aliphatic hydroxyl groups is 1. The predicted octanol–water partition coefficient (Wildman–Crippen LogP) is 1.12. The Balaban J connectivity index is 1.65. The van der Waals surface area contributed by atoms with Crippen LogP contribution in [0.5, 0.6) is 5.75 Å². The van der Waals surface area contributed by atoms with Crippen molar-refractivity contribution in [3.63, 3.8) is 0 Å². The zero-order valence-electron chi connectivity index (χ0n) is 16.4. The molecular weight excluding hydrogens is 400 g/mol. The molecule has 1 amide bonds. The Hall–Kier alpha value is -2.82. The van der Waals surface area contributed by atoms with Gasteiger partial charge in [0.2, 0.25) is 5.43 Å². The minimum Gasteiger partial charge on any atom is -0.491 e. The third-order valence-corrected chi connectivity index (χ3v) is 5.43. The average molecular weight is 421 g/mol. The van der Waals surface area contributed by atoms with Crippen LogP contribution >= 0.6 is 0 Å². The van der Waals surface area contributed by atoms with Gasteiger partial charge in [-0.1, -0.05) is 6.07 Å². The van der Waals surface area contributed by atoms with Crippen molar-refractivity contribution in [1.29, 1.82) is 0 Å². The maximum Gasteiger partial charge on any atom is 0.257 e. The Morgan fingerprint density at radius 2 is 2.17 bits per heavy atom. The summed E-state index contributed by atoms with van der Waals surface area (Å²) >= 11 is 0. The van der Waals surface area contributed by atoms with Crippen LogP contribution in [-0.2, 0) is 17.8 Å². The molecule has 8 nitrogen and oxygen atoms in total. The van der Waals surface area contributed by atoms with E-state index in [2.05, 4.69) is 5.32 Å². The SMILES string of the molecule is COc1c2n(cc(C(=O)NCc3ccc(F)cc3F)c1=O)C[C@H]1OC[C@H](C)N1C2O. The van der Waals surface area contributed by atoms with E-state index in [1.807, 2.05) is 6.92 Å². The highest BCUT2D eigenvalue weighted by Gasteiger charge is 2.43. The summed E-state index contributed by atoms with van der Waals surface area (Å²) in [6.45, 7) is 2.40. The second-order valence-electron chi connectivity index (χ2n) is 7.32. The van der Waals surface area contributed by atoms with Crippen molar-refractivity contribution in [2.45, 2.75) is 38.5 Å². The first-order valence-corrected chi connectivity index (χ1v) is 9.42. The van der Waals surface area contributed by atoms with Crippen molar-refractivity contribution in [3.8, 4) is 5.75 Å². The molecule has 1 unspecified atom stereocenters. The first-order valence-electron chi connectivity index (χ1n) is 9.42. The zero-order valence-corrected chi connectivity index (χ0v) is 16.4. The van der Waals surface area contributed by atoms with Gasteiger partial charge in [-0.3, -0.25) is 9.59 Å². The number of methoxy groups -OCH3 is 1. The van der Waals surface area contributed by atoms with Gasteiger partial charge in [-0.25, -0.2) is 13.7 Å². The third kappa shape index (κ3) is 3.36. The Bertz CT molecular complexity index is 1060. The van der Waals surface area contributed by atoms with E-state index >= 15 is 0 Å². The van der Waals surface area contributed by atoms with E-state index in [-0.39, 0.29) is 35.2 Å². The highest BCUT2D eigenvalue weighted by atomic mass is 19.1. The summed E-state index contributed by atoms with van der Waals surface area (Å²) < 4.78 is 39.3. The fraction of sp³-hybridized carbons (Fsp3) is 0.400. The number of benzene rings is 1. The molecule has 2 N–H and O–H groups in total. The van der Waals surface area contributed by atoms with Crippen molar-refractivity contribution >= 4 is 5.91 Å². The molecule has 1 saturated heterocycles. The van der Waals surface area contributed by atoms with E-state index < -0.39 is 35.4 Å². The van der Waals surface area contributed by atoms with Crippen molar-refractivity contribution < 1.29 is 28.2 Å². The summed E-state index contributed by atoms with van der Waals surface area (Å²) in [4.78, 5) is 27.3. The topological polar surface area (TPSA) is 93.0 Å². The molecule has 0 saturated carbocycles. The Labute approximate surface area is 170 Å². The minimum absolute atomic E-state index is 0.0489. The van der Waals surface area contributed by atoms with E-state index in [1.54, 1.807) is 9.47 Å². The number of carbonyl (C=O) groups is 1. The average Bonchev–Trinajstić information content (AvgIpc) is 3.08. The van der Waals surface area contributed by atoms with Gasteiger partial charge in [0, 0.05) is 30.4 Å². The molecule has 2 aliphatic heterocycles. The molecule has 2 aromatic rings. The lowest BCUT2D eigenvalue weighted by atomic mass is 10.1. The predicted molar refractivity (Wildman–Crippen MR) is 101 cm³/mol. The molecule has 3 atom stereocenters. The van der Waals surface area contributed by atoms with Crippen LogP contribution < -0.4 is 15.5 Å². The first-order chi connectivity index (χ1) is 14.3. The number of carbonyl (C=O) groups excluding carboxylic acids is 1. The van der Waals surface area contributed by atoms with Gasteiger partial charge in [0.25, 0.3) is 5.91 Å². The van der Waals surface area contributed by atoms with E-state index in [4.69, 9.17) is 9.47 Å². The van der Waals surface area contributed by atoms with Crippen molar-refractivity contribution in [2.24, 2.45) is 0 Å². The normalized spacial score (nSPS) is 23.0. The molecule has 30 heavy (non-hydrogen) atoms. The molecule has 1 aromatic carbocycles. The number of rotatable bonds is 4. The summed E-state index contributed by atoms with van der Waals surface area (Å²) in [5, 5.41) is 13.3. The number of nitrogens with zero attached hydrogens (tertiary/aromatic N) is 2. The molecule has 0 bridgehead atoms. The van der Waals surface area contributed by atoms with Gasteiger partial charge < -0.3 is 24.5 Å². The highest BCUT2D eigenvalue weighted by molar-refractivity contribution is 5.94. The molecule has 1 fully saturated rings. The van der Waals surface area contributed by atoms with E-state index in [0.29, 0.717) is 19.2 Å². The molecule has 0 aliphatic carbocycles. The molecule has 1 aromatic heterocycles. The summed E-state index contributed by atoms with van der Waals surface area (Å²) in [6.07, 6.45) is -0.197. The number of hydrogen-bond acceptors (Lipinski definition) is 6. The number of aliphatic hydroxyl groups excluding tert-OH is 1. The van der Waals surface area contributed by atoms with E-state index in [0.717, 1.165) is 6.07 Å². The second-order valence-corrected chi connectivity index (χ2v) is 7.32. The summed E-state index contributed by atoms with van der Waals surface area (Å²) in [7, 11) is 1.29. The summed E-state index contributed by atoms with van der Waals surface area (Å²) in [5.74, 6) is -2.40. The molecular formula is C20H21F2N3O5. The van der Waals surface area contributed by atoms with Crippen LogP contribution in [0, 0.1) is 11.6 Å². The fourth-order valence-corrected chi connectivity index (χ4v) is 3.93. The minimum atomic E-state index is -1.13. The van der Waals surface area contributed by atoms with Crippen LogP contribution in [0.2, 0.25) is 0 Å². The van der Waals surface area contributed by atoms with Gasteiger partial charge in [-0.2, -0.15) is 0 Å². The van der Waals surface area contributed by atoms with Crippen LogP contribution in [0.4, 0.5) is 8.78 Å². The third-order valence-electron chi connectivity index (χ3n) is 5.43. The number of ether oxygens (including phenoxy) is 2. The van der Waals surface area contributed by atoms with Crippen molar-refractivity contribution in [1.82, 2.24) is 14.8 Å². The van der Waals surface area contributed by atoms with Crippen molar-refractivity contribution in [2.75, 3.05) is 13.7 Å². The molecule has 10 heteroatoms. The number of fused-ring (bicyclic) bond motifs is 2. The van der Waals surface area contributed by atoms with Gasteiger partial charge in [0.15, 0.2) is 12.0 Å². The fourth-order valence-electron chi connectivity index (χ4n) is 3.93. The molecule has 2 aliphatic rings. The van der Waals surface area contributed by atoms with Crippen LogP contribution in [0.15, 0.2) is 29.2 Å². The van der Waals surface area contributed by atoms with Gasteiger partial charge >= 0.3 is 0 Å². The molecule has 3 heterocycles. The van der Waals surface area contributed by atoms with Gasteiger partial charge in [-0.15, -0.1) is 0 Å². The summed E-state index contributed by atoms with van der Waals surface area (Å²) in [5.41, 5.74) is -0.581. The number of pyridine rings is 1. The van der Waals surface area contributed by atoms with Crippen molar-refractivity contribution in [3.05, 3.63) is 63.1 Å². The monoisotopic (exact) mass is 421 g/mol. The summed E-state index contributed by atoms with van der Waals surface area (Å²) in [6, 6.07) is 2.96. The lowest BCUT2D eigenvalue weighted by Crippen LogP contribution is -2.47. The van der Waals surface area contributed by atoms with Crippen LogP contribution in [-0.4, -0.2) is 46.5 Å². The zero-order chi connectivity index (χ0) is 21.6.